The summed E-state index contributed by atoms with van der Waals surface area (Å²) in [7, 11) is 0. The first kappa shape index (κ1) is 23.0. The molecule has 0 spiro atoms. The van der Waals surface area contributed by atoms with Gasteiger partial charge in [-0.1, -0.05) is 36.8 Å². The molecule has 4 aliphatic rings. The second kappa shape index (κ2) is 8.60. The Morgan fingerprint density at radius 3 is 2.63 bits per heavy atom. The highest BCUT2D eigenvalue weighted by atomic mass is 16.3. The van der Waals surface area contributed by atoms with Gasteiger partial charge in [0.15, 0.2) is 5.78 Å². The first-order valence-electron chi connectivity index (χ1n) is 13.4. The maximum Gasteiger partial charge on any atom is 0.156 e. The van der Waals surface area contributed by atoms with E-state index in [0.29, 0.717) is 31.1 Å². The highest BCUT2D eigenvalue weighted by Gasteiger charge is 2.62. The molecule has 0 aliphatic heterocycles. The minimum Gasteiger partial charge on any atom is -0.472 e. The normalized spacial score (nSPS) is 34.3. The van der Waals surface area contributed by atoms with Gasteiger partial charge in [-0.3, -0.25) is 4.79 Å². The number of allylic oxidation sites excluding steroid dienone is 4. The van der Waals surface area contributed by atoms with Crippen LogP contribution >= 0.6 is 0 Å². The first-order valence-corrected chi connectivity index (χ1v) is 13.4. The largest absolute Gasteiger partial charge is 0.472 e. The molecule has 2 saturated carbocycles. The molecule has 4 nitrogen and oxygen atoms in total. The fraction of sp³-hybridized carbons (Fsp3) is 0.516. The van der Waals surface area contributed by atoms with Crippen LogP contribution in [0.1, 0.15) is 76.2 Å². The smallest absolute Gasteiger partial charge is 0.156 e. The predicted molar refractivity (Wildman–Crippen MR) is 136 cm³/mol. The molecule has 0 radical (unpaired) electrons. The van der Waals surface area contributed by atoms with E-state index in [0.717, 1.165) is 49.7 Å². The summed E-state index contributed by atoms with van der Waals surface area (Å²) >= 11 is 0. The monoisotopic (exact) mass is 472 g/mol. The van der Waals surface area contributed by atoms with Crippen LogP contribution in [0.15, 0.2) is 70.1 Å². The Morgan fingerprint density at radius 1 is 1.06 bits per heavy atom. The van der Waals surface area contributed by atoms with Crippen LogP contribution in [-0.2, 0) is 4.79 Å². The van der Waals surface area contributed by atoms with Crippen LogP contribution in [0.5, 0.6) is 0 Å². The molecular weight excluding hydrogens is 436 g/mol. The Bertz CT molecular complexity index is 1170. The van der Waals surface area contributed by atoms with Crippen molar-refractivity contribution in [1.29, 1.82) is 0 Å². The lowest BCUT2D eigenvalue weighted by Crippen LogP contribution is -2.51. The van der Waals surface area contributed by atoms with Crippen molar-refractivity contribution in [2.24, 2.45) is 17.3 Å². The summed E-state index contributed by atoms with van der Waals surface area (Å²) in [5, 5.41) is 21.5. The van der Waals surface area contributed by atoms with Crippen LogP contribution in [-0.4, -0.2) is 28.2 Å². The molecule has 1 aromatic carbocycles. The molecule has 2 aromatic rings. The SMILES string of the molecule is C[C@@]12CC(c3ccc(-c4ccoc4)cc3)C3=C4CCC(=O)C=C4CCC3C1CC[C@]2(O)CCCO. The van der Waals surface area contributed by atoms with Crippen LogP contribution in [0.4, 0.5) is 0 Å². The molecule has 1 heterocycles. The van der Waals surface area contributed by atoms with Crippen molar-refractivity contribution in [2.45, 2.75) is 76.2 Å². The van der Waals surface area contributed by atoms with Crippen LogP contribution < -0.4 is 0 Å². The number of aliphatic hydroxyl groups excluding tert-OH is 1. The molecule has 35 heavy (non-hydrogen) atoms. The average molecular weight is 473 g/mol. The van der Waals surface area contributed by atoms with Crippen molar-refractivity contribution in [3.63, 3.8) is 0 Å². The number of carbonyl (C=O) groups excluding carboxylic acids is 1. The van der Waals surface area contributed by atoms with Gasteiger partial charge in [-0.15, -0.1) is 0 Å². The standard InChI is InChI=1S/C31H36O4/c1-30-18-27(21-5-3-20(4-6-21)23-12-16-35-19-23)29-25-10-8-24(33)17-22(25)7-9-26(29)28(30)11-14-31(30,34)13-2-15-32/h3-6,12,16-17,19,26-28,32,34H,2,7-11,13-15,18H2,1H3/t26?,27?,28?,30-,31-/m1/s1. The van der Waals surface area contributed by atoms with Gasteiger partial charge in [0.25, 0.3) is 0 Å². The van der Waals surface area contributed by atoms with Crippen molar-refractivity contribution >= 4 is 5.78 Å². The third kappa shape index (κ3) is 3.60. The molecule has 184 valence electrons. The summed E-state index contributed by atoms with van der Waals surface area (Å²) in [5.41, 5.74) is 6.88. The highest BCUT2D eigenvalue weighted by Crippen LogP contribution is 2.67. The lowest BCUT2D eigenvalue weighted by Gasteiger charge is -2.55. The summed E-state index contributed by atoms with van der Waals surface area (Å²) in [6, 6.07) is 10.9. The third-order valence-corrected chi connectivity index (χ3v) is 9.97. The Balaban J connectivity index is 1.46. The topological polar surface area (TPSA) is 70.7 Å². The molecule has 3 unspecified atom stereocenters. The van der Waals surface area contributed by atoms with Crippen molar-refractivity contribution in [1.82, 2.24) is 0 Å². The number of rotatable bonds is 5. The van der Waals surface area contributed by atoms with Gasteiger partial charge in [0.1, 0.15) is 0 Å². The molecule has 5 atom stereocenters. The van der Waals surface area contributed by atoms with E-state index in [1.165, 1.54) is 16.7 Å². The van der Waals surface area contributed by atoms with Crippen molar-refractivity contribution in [3.8, 4) is 11.1 Å². The van der Waals surface area contributed by atoms with E-state index >= 15 is 0 Å². The molecule has 0 saturated heterocycles. The first-order chi connectivity index (χ1) is 16.9. The molecule has 1 aromatic heterocycles. The second-order valence-electron chi connectivity index (χ2n) is 11.5. The minimum absolute atomic E-state index is 0.128. The van der Waals surface area contributed by atoms with E-state index in [-0.39, 0.29) is 23.7 Å². The zero-order chi connectivity index (χ0) is 24.2. The van der Waals surface area contributed by atoms with Gasteiger partial charge in [-0.25, -0.2) is 0 Å². The minimum atomic E-state index is -0.732. The maximum atomic E-state index is 12.2. The molecule has 4 heteroatoms. The maximum absolute atomic E-state index is 12.2. The quantitative estimate of drug-likeness (QED) is 0.532. The lowest BCUT2D eigenvalue weighted by atomic mass is 9.51. The Morgan fingerprint density at radius 2 is 1.89 bits per heavy atom. The molecule has 2 fully saturated rings. The number of hydrogen-bond acceptors (Lipinski definition) is 4. The van der Waals surface area contributed by atoms with Crippen molar-refractivity contribution in [2.75, 3.05) is 6.61 Å². The summed E-state index contributed by atoms with van der Waals surface area (Å²) in [6.07, 6.45) is 13.0. The Labute approximate surface area is 207 Å². The van der Waals surface area contributed by atoms with E-state index in [4.69, 9.17) is 4.42 Å². The molecule has 2 N–H and O–H groups in total. The van der Waals surface area contributed by atoms with E-state index in [9.17, 15) is 15.0 Å². The van der Waals surface area contributed by atoms with Gasteiger partial charge in [-0.2, -0.15) is 0 Å². The number of ketones is 1. The lowest BCUT2D eigenvalue weighted by molar-refractivity contribution is -0.114. The van der Waals surface area contributed by atoms with Crippen LogP contribution in [0.25, 0.3) is 11.1 Å². The number of carbonyl (C=O) groups is 1. The van der Waals surface area contributed by atoms with Gasteiger partial charge in [0.05, 0.1) is 18.1 Å². The van der Waals surface area contributed by atoms with Crippen LogP contribution in [0.2, 0.25) is 0 Å². The van der Waals surface area contributed by atoms with Crippen LogP contribution in [0.3, 0.4) is 0 Å². The van der Waals surface area contributed by atoms with Crippen molar-refractivity contribution in [3.05, 3.63) is 71.2 Å². The van der Waals surface area contributed by atoms with Gasteiger partial charge in [0, 0.05) is 29.9 Å². The van der Waals surface area contributed by atoms with E-state index < -0.39 is 5.60 Å². The fourth-order valence-corrected chi connectivity index (χ4v) is 8.17. The predicted octanol–water partition coefficient (Wildman–Crippen LogP) is 6.35. The van der Waals surface area contributed by atoms with E-state index in [1.54, 1.807) is 18.1 Å². The van der Waals surface area contributed by atoms with E-state index in [1.807, 2.05) is 12.1 Å². The second-order valence-corrected chi connectivity index (χ2v) is 11.5. The zero-order valence-corrected chi connectivity index (χ0v) is 20.6. The Hall–Kier alpha value is -2.43. The van der Waals surface area contributed by atoms with E-state index in [2.05, 4.69) is 31.2 Å². The number of hydrogen-bond donors (Lipinski definition) is 2. The fourth-order valence-electron chi connectivity index (χ4n) is 8.17. The molecular formula is C31H36O4. The number of fused-ring (bicyclic) bond motifs is 4. The number of furan rings is 1. The summed E-state index contributed by atoms with van der Waals surface area (Å²) in [6.45, 7) is 2.45. The summed E-state index contributed by atoms with van der Waals surface area (Å²) in [5.74, 6) is 1.42. The summed E-state index contributed by atoms with van der Waals surface area (Å²) in [4.78, 5) is 12.2. The van der Waals surface area contributed by atoms with Crippen molar-refractivity contribution < 1.29 is 19.4 Å². The molecule has 6 rings (SSSR count). The summed E-state index contributed by atoms with van der Waals surface area (Å²) < 4.78 is 5.28. The number of benzene rings is 1. The van der Waals surface area contributed by atoms with Gasteiger partial charge < -0.3 is 14.6 Å². The van der Waals surface area contributed by atoms with Gasteiger partial charge in [-0.05, 0) is 97.6 Å². The molecule has 4 aliphatic carbocycles. The molecule has 0 amide bonds. The van der Waals surface area contributed by atoms with Gasteiger partial charge >= 0.3 is 0 Å². The Kier molecular flexibility index (Phi) is 5.65. The highest BCUT2D eigenvalue weighted by molar-refractivity contribution is 5.93. The zero-order valence-electron chi connectivity index (χ0n) is 20.6. The third-order valence-electron chi connectivity index (χ3n) is 9.97. The molecule has 0 bridgehead atoms. The average Bonchev–Trinajstić information content (AvgIpc) is 3.49. The van der Waals surface area contributed by atoms with Crippen LogP contribution in [0, 0.1) is 17.3 Å². The number of aliphatic hydroxyl groups is 2. The van der Waals surface area contributed by atoms with Gasteiger partial charge in [0.2, 0.25) is 0 Å².